The van der Waals surface area contributed by atoms with Crippen LogP contribution < -0.4 is 0 Å². The number of carboxylic acid groups (broad SMARTS) is 1. The minimum atomic E-state index is -0.690. The number of nitrogens with one attached hydrogen (secondary N) is 1. The number of aliphatic carboxylic acids is 1. The number of aromatic nitrogens is 1. The molecule has 1 aromatic carbocycles. The highest BCUT2D eigenvalue weighted by Crippen LogP contribution is 2.59. The predicted molar refractivity (Wildman–Crippen MR) is 89.3 cm³/mol. The van der Waals surface area contributed by atoms with Crippen LogP contribution in [0.4, 0.5) is 0 Å². The highest BCUT2D eigenvalue weighted by atomic mass is 79.9. The van der Waals surface area contributed by atoms with E-state index in [0.29, 0.717) is 18.7 Å². The molecule has 1 unspecified atom stereocenters. The fraction of sp³-hybridized carbons (Fsp3) is 0.412. The first kappa shape index (κ1) is 14.8. The van der Waals surface area contributed by atoms with Crippen LogP contribution in [0, 0.1) is 11.3 Å². The molecule has 1 spiro atoms. The summed E-state index contributed by atoms with van der Waals surface area (Å²) in [6.45, 7) is 1.28. The van der Waals surface area contributed by atoms with Crippen LogP contribution in [-0.4, -0.2) is 40.0 Å². The number of carbonyl (C=O) groups excluding carboxylic acids is 1. The molecule has 2 heterocycles. The molecule has 1 saturated heterocycles. The molecule has 2 aromatic rings. The van der Waals surface area contributed by atoms with E-state index in [1.54, 1.807) is 6.20 Å². The van der Waals surface area contributed by atoms with Crippen LogP contribution in [-0.2, 0) is 4.79 Å². The second kappa shape index (κ2) is 5.09. The maximum atomic E-state index is 12.8. The molecule has 4 rings (SSSR count). The Morgan fingerprint density at radius 1 is 1.30 bits per heavy atom. The molecule has 23 heavy (non-hydrogen) atoms. The Morgan fingerprint density at radius 2 is 2.04 bits per heavy atom. The summed E-state index contributed by atoms with van der Waals surface area (Å²) in [6, 6.07) is 5.81. The molecule has 1 amide bonds. The van der Waals surface area contributed by atoms with E-state index in [1.807, 2.05) is 23.1 Å². The fourth-order valence-corrected chi connectivity index (χ4v) is 4.46. The molecule has 1 aliphatic heterocycles. The zero-order valence-corrected chi connectivity index (χ0v) is 14.1. The molecule has 1 aliphatic carbocycles. The summed E-state index contributed by atoms with van der Waals surface area (Å²) in [5.74, 6) is -0.877. The average molecular weight is 377 g/mol. The van der Waals surface area contributed by atoms with Crippen molar-refractivity contribution in [3.63, 3.8) is 0 Å². The topological polar surface area (TPSA) is 73.4 Å². The first-order chi connectivity index (χ1) is 11.0. The van der Waals surface area contributed by atoms with Crippen molar-refractivity contribution in [2.45, 2.75) is 19.3 Å². The van der Waals surface area contributed by atoms with Gasteiger partial charge in [0.2, 0.25) is 0 Å². The lowest BCUT2D eigenvalue weighted by Gasteiger charge is -2.32. The molecule has 2 fully saturated rings. The normalized spacial score (nSPS) is 22.5. The van der Waals surface area contributed by atoms with E-state index in [0.717, 1.165) is 34.6 Å². The van der Waals surface area contributed by atoms with Crippen molar-refractivity contribution < 1.29 is 14.7 Å². The van der Waals surface area contributed by atoms with Gasteiger partial charge in [-0.2, -0.15) is 0 Å². The van der Waals surface area contributed by atoms with Gasteiger partial charge in [0.25, 0.3) is 5.91 Å². The average Bonchev–Trinajstić information content (AvgIpc) is 3.05. The lowest BCUT2D eigenvalue weighted by molar-refractivity contribution is -0.139. The van der Waals surface area contributed by atoms with E-state index in [2.05, 4.69) is 20.9 Å². The number of likely N-dealkylation sites (tertiary alicyclic amines) is 1. The van der Waals surface area contributed by atoms with Crippen molar-refractivity contribution in [3.05, 3.63) is 34.4 Å². The van der Waals surface area contributed by atoms with Crippen molar-refractivity contribution in [1.29, 1.82) is 0 Å². The summed E-state index contributed by atoms with van der Waals surface area (Å²) in [7, 11) is 0. The number of benzene rings is 1. The van der Waals surface area contributed by atoms with Crippen LogP contribution >= 0.6 is 15.9 Å². The molecule has 2 N–H and O–H groups in total. The van der Waals surface area contributed by atoms with E-state index in [-0.39, 0.29) is 17.2 Å². The molecule has 1 atom stereocenters. The molecule has 1 saturated carbocycles. The Labute approximate surface area is 141 Å². The summed E-state index contributed by atoms with van der Waals surface area (Å²) in [4.78, 5) is 29.0. The SMILES string of the molecule is O=C(O)C1CC12CCN(C(=O)c1c[nH]c3cccc(Br)c13)CC2. The van der Waals surface area contributed by atoms with E-state index in [1.165, 1.54) is 0 Å². The number of nitrogens with zero attached hydrogens (tertiary/aromatic N) is 1. The van der Waals surface area contributed by atoms with Crippen LogP contribution in [0.1, 0.15) is 29.6 Å². The molecule has 0 bridgehead atoms. The summed E-state index contributed by atoms with van der Waals surface area (Å²) in [6.07, 6.45) is 4.11. The van der Waals surface area contributed by atoms with Gasteiger partial charge in [-0.05, 0) is 36.8 Å². The Bertz CT molecular complexity index is 805. The van der Waals surface area contributed by atoms with Crippen LogP contribution in [0.5, 0.6) is 0 Å². The largest absolute Gasteiger partial charge is 0.481 e. The van der Waals surface area contributed by atoms with E-state index < -0.39 is 5.97 Å². The highest BCUT2D eigenvalue weighted by molar-refractivity contribution is 9.10. The van der Waals surface area contributed by atoms with Gasteiger partial charge < -0.3 is 15.0 Å². The van der Waals surface area contributed by atoms with Crippen molar-refractivity contribution in [3.8, 4) is 0 Å². The van der Waals surface area contributed by atoms with Crippen molar-refractivity contribution in [1.82, 2.24) is 9.88 Å². The molecule has 120 valence electrons. The van der Waals surface area contributed by atoms with Gasteiger partial charge in [0.1, 0.15) is 0 Å². The van der Waals surface area contributed by atoms with Gasteiger partial charge in [-0.15, -0.1) is 0 Å². The van der Waals surface area contributed by atoms with Crippen molar-refractivity contribution in [2.75, 3.05) is 13.1 Å². The van der Waals surface area contributed by atoms with Gasteiger partial charge in [0.05, 0.1) is 11.5 Å². The van der Waals surface area contributed by atoms with E-state index in [9.17, 15) is 9.59 Å². The number of fused-ring (bicyclic) bond motifs is 1. The van der Waals surface area contributed by atoms with Gasteiger partial charge >= 0.3 is 5.97 Å². The summed E-state index contributed by atoms with van der Waals surface area (Å²) in [5.41, 5.74) is 1.56. The van der Waals surface area contributed by atoms with Crippen LogP contribution in [0.25, 0.3) is 10.9 Å². The number of piperidine rings is 1. The standard InChI is InChI=1S/C17H17BrN2O3/c18-12-2-1-3-13-14(12)10(9-19-13)15(21)20-6-4-17(5-7-20)8-11(17)16(22)23/h1-3,9,11,19H,4-8H2,(H,22,23). The lowest BCUT2D eigenvalue weighted by atomic mass is 9.90. The number of halogens is 1. The monoisotopic (exact) mass is 376 g/mol. The molecule has 6 heteroatoms. The summed E-state index contributed by atoms with van der Waals surface area (Å²) >= 11 is 3.52. The molecular weight excluding hydrogens is 360 g/mol. The number of amides is 1. The second-order valence-corrected chi connectivity index (χ2v) is 7.47. The highest BCUT2D eigenvalue weighted by Gasteiger charge is 2.59. The third-order valence-corrected chi connectivity index (χ3v) is 6.08. The van der Waals surface area contributed by atoms with Crippen molar-refractivity contribution >= 4 is 38.7 Å². The number of carboxylic acids is 1. The lowest BCUT2D eigenvalue weighted by Crippen LogP contribution is -2.39. The summed E-state index contributed by atoms with van der Waals surface area (Å²) < 4.78 is 0.904. The number of aromatic amines is 1. The minimum absolute atomic E-state index is 0.0190. The van der Waals surface area contributed by atoms with Gasteiger partial charge in [-0.3, -0.25) is 9.59 Å². The Morgan fingerprint density at radius 3 is 2.70 bits per heavy atom. The quantitative estimate of drug-likeness (QED) is 0.844. The van der Waals surface area contributed by atoms with Crippen LogP contribution in [0.3, 0.4) is 0 Å². The molecule has 5 nitrogen and oxygen atoms in total. The number of H-pyrrole nitrogens is 1. The van der Waals surface area contributed by atoms with E-state index >= 15 is 0 Å². The van der Waals surface area contributed by atoms with Crippen molar-refractivity contribution in [2.24, 2.45) is 11.3 Å². The molecular formula is C17H17BrN2O3. The molecule has 2 aliphatic rings. The predicted octanol–water partition coefficient (Wildman–Crippen LogP) is 3.26. The summed E-state index contributed by atoms with van der Waals surface area (Å²) in [5, 5.41) is 10.1. The molecule has 1 aromatic heterocycles. The van der Waals surface area contributed by atoms with Gasteiger partial charge in [0, 0.05) is 34.7 Å². The van der Waals surface area contributed by atoms with Gasteiger partial charge in [0.15, 0.2) is 0 Å². The maximum absolute atomic E-state index is 12.8. The zero-order valence-electron chi connectivity index (χ0n) is 12.5. The Balaban J connectivity index is 1.53. The second-order valence-electron chi connectivity index (χ2n) is 6.61. The van der Waals surface area contributed by atoms with E-state index in [4.69, 9.17) is 5.11 Å². The van der Waals surface area contributed by atoms with Crippen LogP contribution in [0.2, 0.25) is 0 Å². The number of hydrogen-bond acceptors (Lipinski definition) is 2. The smallest absolute Gasteiger partial charge is 0.307 e. The minimum Gasteiger partial charge on any atom is -0.481 e. The third-order valence-electron chi connectivity index (χ3n) is 5.42. The van der Waals surface area contributed by atoms with Gasteiger partial charge in [-0.1, -0.05) is 22.0 Å². The zero-order chi connectivity index (χ0) is 16.2. The number of rotatable bonds is 2. The first-order valence-electron chi connectivity index (χ1n) is 7.79. The maximum Gasteiger partial charge on any atom is 0.307 e. The number of carbonyl (C=O) groups is 2. The number of hydrogen-bond donors (Lipinski definition) is 2. The first-order valence-corrected chi connectivity index (χ1v) is 8.59. The Hall–Kier alpha value is -1.82. The fourth-order valence-electron chi connectivity index (χ4n) is 3.88. The molecule has 0 radical (unpaired) electrons. The van der Waals surface area contributed by atoms with Gasteiger partial charge in [-0.25, -0.2) is 0 Å². The Kier molecular flexibility index (Phi) is 3.27. The third kappa shape index (κ3) is 2.27. The van der Waals surface area contributed by atoms with Crippen LogP contribution in [0.15, 0.2) is 28.9 Å².